The van der Waals surface area contributed by atoms with E-state index >= 15 is 0 Å². The lowest BCUT2D eigenvalue weighted by atomic mass is 10.1. The molecule has 0 unspecified atom stereocenters. The molecule has 14 heteroatoms. The van der Waals surface area contributed by atoms with Crippen LogP contribution in [0.25, 0.3) is 0 Å². The summed E-state index contributed by atoms with van der Waals surface area (Å²) in [6.07, 6.45) is 2.54. The second-order valence-corrected chi connectivity index (χ2v) is 11.3. The van der Waals surface area contributed by atoms with Crippen molar-refractivity contribution in [3.8, 4) is 0 Å². The molecule has 2 aromatic rings. The summed E-state index contributed by atoms with van der Waals surface area (Å²) in [5, 5.41) is 11.4. The summed E-state index contributed by atoms with van der Waals surface area (Å²) in [5.74, 6) is -1.01. The number of rotatable bonds is 0. The Morgan fingerprint density at radius 1 is 0.340 bits per heavy atom. The lowest BCUT2D eigenvalue weighted by molar-refractivity contribution is 0.0138. The highest BCUT2D eigenvalue weighted by Gasteiger charge is 2.12. The predicted octanol–water partition coefficient (Wildman–Crippen LogP) is 1.98. The Hall–Kier alpha value is -3.92. The summed E-state index contributed by atoms with van der Waals surface area (Å²) >= 11 is 0. The van der Waals surface area contributed by atoms with Crippen LogP contribution in [0, 0.1) is 0 Å². The van der Waals surface area contributed by atoms with Crippen LogP contribution in [0.4, 0.5) is 0 Å². The van der Waals surface area contributed by atoms with Crippen molar-refractivity contribution in [1.82, 2.24) is 21.3 Å². The normalized spacial score (nSPS) is 19.5. The number of carbonyl (C=O) groups is 4. The van der Waals surface area contributed by atoms with Gasteiger partial charge < -0.3 is 49.7 Å². The largest absolute Gasteiger partial charge is 0.379 e. The monoisotopic (exact) mass is 700 g/mol. The zero-order valence-corrected chi connectivity index (χ0v) is 28.8. The number of ether oxygens (including phenoxy) is 6. The summed E-state index contributed by atoms with van der Waals surface area (Å²) < 4.78 is 33.3. The summed E-state index contributed by atoms with van der Waals surface area (Å²) in [6, 6.07) is 13.2. The molecule has 1 aliphatic rings. The smallest absolute Gasteiger partial charge is 0.251 e. The van der Waals surface area contributed by atoms with Gasteiger partial charge >= 0.3 is 0 Å². The molecule has 14 nitrogen and oxygen atoms in total. The molecule has 2 aromatic carbocycles. The molecule has 4 amide bonds. The Labute approximate surface area is 294 Å². The highest BCUT2D eigenvalue weighted by atomic mass is 16.5. The van der Waals surface area contributed by atoms with Gasteiger partial charge in [-0.2, -0.15) is 0 Å². The van der Waals surface area contributed by atoms with Crippen molar-refractivity contribution in [2.45, 2.75) is 25.7 Å². The predicted molar refractivity (Wildman–Crippen MR) is 186 cm³/mol. The second kappa shape index (κ2) is 26.0. The van der Waals surface area contributed by atoms with Crippen molar-refractivity contribution < 1.29 is 47.6 Å². The van der Waals surface area contributed by atoms with E-state index in [1.807, 2.05) is 0 Å². The first-order valence-corrected chi connectivity index (χ1v) is 17.3. The lowest BCUT2D eigenvalue weighted by Crippen LogP contribution is -2.27. The molecule has 0 radical (unpaired) electrons. The maximum absolute atomic E-state index is 12.6. The fraction of sp³-hybridized carbons (Fsp3) is 0.556. The van der Waals surface area contributed by atoms with Gasteiger partial charge in [-0.3, -0.25) is 19.2 Å². The zero-order chi connectivity index (χ0) is 35.5. The number of amides is 4. The van der Waals surface area contributed by atoms with Crippen molar-refractivity contribution in [3.63, 3.8) is 0 Å². The van der Waals surface area contributed by atoms with E-state index in [0.29, 0.717) is 153 Å². The number of hydrogen-bond donors (Lipinski definition) is 4. The van der Waals surface area contributed by atoms with E-state index in [9.17, 15) is 19.2 Å². The molecular weight excluding hydrogens is 648 g/mol. The molecular formula is C36H52N4O10. The van der Waals surface area contributed by atoms with Gasteiger partial charge in [-0.15, -0.1) is 0 Å². The minimum Gasteiger partial charge on any atom is -0.379 e. The SMILES string of the molecule is O=C1NCCCOCCOCCOCCCNC(=O)c2cccc(c2)C(=O)NCCCOCCOCCOCCCNC(=O)c2cccc1c2. The van der Waals surface area contributed by atoms with E-state index in [1.54, 1.807) is 48.5 Å². The van der Waals surface area contributed by atoms with Crippen LogP contribution in [0.1, 0.15) is 67.1 Å². The Kier molecular flexibility index (Phi) is 21.0. The third kappa shape index (κ3) is 17.7. The Morgan fingerprint density at radius 3 is 0.800 bits per heavy atom. The van der Waals surface area contributed by atoms with Crippen molar-refractivity contribution in [3.05, 3.63) is 70.8 Å². The van der Waals surface area contributed by atoms with E-state index < -0.39 is 0 Å². The quantitative estimate of drug-likeness (QED) is 0.319. The molecule has 1 heterocycles. The van der Waals surface area contributed by atoms with Crippen LogP contribution in [0.2, 0.25) is 0 Å². The van der Waals surface area contributed by atoms with Gasteiger partial charge in [-0.05, 0) is 62.1 Å². The van der Waals surface area contributed by atoms with Gasteiger partial charge in [0.05, 0.1) is 52.9 Å². The van der Waals surface area contributed by atoms with Crippen molar-refractivity contribution in [2.24, 2.45) is 0 Å². The number of nitrogens with one attached hydrogen (secondary N) is 4. The zero-order valence-electron chi connectivity index (χ0n) is 28.8. The fourth-order valence-corrected chi connectivity index (χ4v) is 4.60. The van der Waals surface area contributed by atoms with Crippen molar-refractivity contribution in [2.75, 3.05) is 105 Å². The molecule has 0 saturated carbocycles. The topological polar surface area (TPSA) is 172 Å². The van der Waals surface area contributed by atoms with E-state index in [4.69, 9.17) is 28.4 Å². The van der Waals surface area contributed by atoms with Crippen LogP contribution in [0.5, 0.6) is 0 Å². The Morgan fingerprint density at radius 2 is 0.560 bits per heavy atom. The van der Waals surface area contributed by atoms with Crippen LogP contribution in [-0.4, -0.2) is 129 Å². The molecule has 4 N–H and O–H groups in total. The summed E-state index contributed by atoms with van der Waals surface area (Å²) in [5.41, 5.74) is 1.65. The third-order valence-corrected chi connectivity index (χ3v) is 7.27. The fourth-order valence-electron chi connectivity index (χ4n) is 4.60. The second-order valence-electron chi connectivity index (χ2n) is 11.3. The van der Waals surface area contributed by atoms with E-state index in [2.05, 4.69) is 21.3 Å². The molecule has 0 fully saturated rings. The molecule has 3 rings (SSSR count). The molecule has 50 heavy (non-hydrogen) atoms. The van der Waals surface area contributed by atoms with Crippen LogP contribution in [0.3, 0.4) is 0 Å². The first-order valence-electron chi connectivity index (χ1n) is 17.3. The Bertz CT molecular complexity index is 1110. The first-order chi connectivity index (χ1) is 24.5. The van der Waals surface area contributed by atoms with Crippen LogP contribution >= 0.6 is 0 Å². The number of carbonyl (C=O) groups excluding carboxylic acids is 4. The van der Waals surface area contributed by atoms with Gasteiger partial charge in [0.1, 0.15) is 0 Å². The van der Waals surface area contributed by atoms with E-state index in [1.165, 1.54) is 0 Å². The van der Waals surface area contributed by atoms with Gasteiger partial charge in [0, 0.05) is 74.9 Å². The third-order valence-electron chi connectivity index (χ3n) is 7.27. The van der Waals surface area contributed by atoms with Crippen molar-refractivity contribution >= 4 is 23.6 Å². The maximum atomic E-state index is 12.6. The number of fused-ring (bicyclic) bond motifs is 4. The van der Waals surface area contributed by atoms with Gasteiger partial charge in [0.2, 0.25) is 0 Å². The average molecular weight is 701 g/mol. The summed E-state index contributed by atoms with van der Waals surface area (Å²) in [7, 11) is 0. The molecule has 4 bridgehead atoms. The number of hydrogen-bond acceptors (Lipinski definition) is 10. The minimum absolute atomic E-state index is 0.252. The van der Waals surface area contributed by atoms with Gasteiger partial charge in [0.15, 0.2) is 0 Å². The standard InChI is InChI=1S/C36H52N4O10/c41-33-29-7-1-8-30(27-29)34(42)38-12-4-16-46-20-24-50-26-22-48-18-6-14-40-36(44)32-10-2-9-31(28-32)35(43)39-13-5-17-47-21-25-49-23-19-45-15-3-11-37-33/h1-2,7-10,27-28H,3-6,11-26H2,(H,37,41)(H,38,42)(H,39,43)(H,40,44). The summed E-state index contributed by atoms with van der Waals surface area (Å²) in [6.45, 7) is 7.03. The van der Waals surface area contributed by atoms with Crippen LogP contribution < -0.4 is 21.3 Å². The van der Waals surface area contributed by atoms with Crippen LogP contribution in [-0.2, 0) is 28.4 Å². The molecule has 1 aliphatic heterocycles. The van der Waals surface area contributed by atoms with Gasteiger partial charge in [-0.25, -0.2) is 0 Å². The highest BCUT2D eigenvalue weighted by Crippen LogP contribution is 2.07. The molecule has 0 spiro atoms. The van der Waals surface area contributed by atoms with Gasteiger partial charge in [-0.1, -0.05) is 12.1 Å². The molecule has 0 saturated heterocycles. The molecule has 276 valence electrons. The average Bonchev–Trinajstić information content (AvgIpc) is 3.14. The number of benzene rings is 2. The van der Waals surface area contributed by atoms with Crippen molar-refractivity contribution in [1.29, 1.82) is 0 Å². The lowest BCUT2D eigenvalue weighted by Gasteiger charge is -2.10. The molecule has 0 aromatic heterocycles. The molecule has 0 aliphatic carbocycles. The van der Waals surface area contributed by atoms with E-state index in [-0.39, 0.29) is 23.6 Å². The van der Waals surface area contributed by atoms with Gasteiger partial charge in [0.25, 0.3) is 23.6 Å². The van der Waals surface area contributed by atoms with Crippen LogP contribution in [0.15, 0.2) is 48.5 Å². The minimum atomic E-state index is -0.252. The maximum Gasteiger partial charge on any atom is 0.251 e. The molecule has 0 atom stereocenters. The Balaban J connectivity index is 1.37. The first kappa shape index (κ1) is 40.5. The highest BCUT2D eigenvalue weighted by molar-refractivity contribution is 6.00. The summed E-state index contributed by atoms with van der Waals surface area (Å²) in [4.78, 5) is 50.2. The van der Waals surface area contributed by atoms with E-state index in [0.717, 1.165) is 0 Å².